The number of hydrogen-bond acceptors (Lipinski definition) is 2. The molecule has 0 saturated carbocycles. The van der Waals surface area contributed by atoms with Crippen molar-refractivity contribution in [1.82, 2.24) is 9.88 Å². The molecule has 1 aliphatic rings. The molecule has 1 atom stereocenters. The number of methoxy groups -OCH3 is 1. The molecule has 2 N–H and O–H groups in total. The number of nitrogens with zero attached hydrogens (tertiary/aromatic N) is 1. The number of para-hydroxylation sites is 1. The summed E-state index contributed by atoms with van der Waals surface area (Å²) in [5, 5.41) is 4.24. The predicted molar refractivity (Wildman–Crippen MR) is 131 cm³/mol. The lowest BCUT2D eigenvalue weighted by Crippen LogP contribution is -2.43. The summed E-state index contributed by atoms with van der Waals surface area (Å²) < 4.78 is 6.31. The molecule has 0 saturated heterocycles. The number of ether oxygens (including phenoxy) is 1. The Hall–Kier alpha value is -3.25. The average molecular weight is 490 g/mol. The first kappa shape index (κ1) is 20.6. The second kappa shape index (κ2) is 8.36. The summed E-state index contributed by atoms with van der Waals surface area (Å²) >= 11 is 3.53. The van der Waals surface area contributed by atoms with Crippen LogP contribution in [-0.2, 0) is 6.42 Å². The van der Waals surface area contributed by atoms with Gasteiger partial charge in [-0.1, -0.05) is 42.0 Å². The van der Waals surface area contributed by atoms with Gasteiger partial charge < -0.3 is 19.9 Å². The van der Waals surface area contributed by atoms with Gasteiger partial charge in [-0.15, -0.1) is 0 Å². The van der Waals surface area contributed by atoms with Crippen LogP contribution < -0.4 is 10.1 Å². The SMILES string of the molecule is COc1ccc2[nH]c3c(c2c1)CCN(C(=O)Nc1ccccc1Br)C3c1ccc(C)cc1. The molecule has 2 heterocycles. The van der Waals surface area contributed by atoms with E-state index in [9.17, 15) is 4.79 Å². The second-order valence-electron chi connectivity index (χ2n) is 8.10. The standard InChI is InChI=1S/C26H24BrN3O2/c1-16-7-9-17(10-8-16)25-24-19(20-15-18(32-2)11-12-22(20)28-24)13-14-30(25)26(31)29-23-6-4-3-5-21(23)27/h3-12,15,25,28H,13-14H2,1-2H3,(H,29,31). The fourth-order valence-corrected chi connectivity index (χ4v) is 4.84. The Morgan fingerprint density at radius 3 is 2.66 bits per heavy atom. The first-order chi connectivity index (χ1) is 15.5. The zero-order valence-corrected chi connectivity index (χ0v) is 19.6. The molecular formula is C26H24BrN3O2. The minimum absolute atomic E-state index is 0.121. The maximum atomic E-state index is 13.5. The molecule has 6 heteroatoms. The topological polar surface area (TPSA) is 57.4 Å². The highest BCUT2D eigenvalue weighted by Gasteiger charge is 2.34. The number of fused-ring (bicyclic) bond motifs is 3. The summed E-state index contributed by atoms with van der Waals surface area (Å²) in [5.74, 6) is 0.834. The van der Waals surface area contributed by atoms with E-state index in [1.807, 2.05) is 41.3 Å². The molecule has 3 aromatic carbocycles. The largest absolute Gasteiger partial charge is 0.497 e. The van der Waals surface area contributed by atoms with Crippen molar-refractivity contribution in [3.8, 4) is 5.75 Å². The predicted octanol–water partition coefficient (Wildman–Crippen LogP) is 6.43. The van der Waals surface area contributed by atoms with Gasteiger partial charge in [0, 0.05) is 27.6 Å². The van der Waals surface area contributed by atoms with Gasteiger partial charge >= 0.3 is 6.03 Å². The monoisotopic (exact) mass is 489 g/mol. The zero-order chi connectivity index (χ0) is 22.2. The van der Waals surface area contributed by atoms with E-state index in [1.54, 1.807) is 7.11 Å². The lowest BCUT2D eigenvalue weighted by Gasteiger charge is -2.36. The Morgan fingerprint density at radius 2 is 1.91 bits per heavy atom. The Kier molecular flexibility index (Phi) is 5.39. The maximum absolute atomic E-state index is 13.5. The number of amides is 2. The van der Waals surface area contributed by atoms with Crippen LogP contribution in [0.3, 0.4) is 0 Å². The fraction of sp³-hybridized carbons (Fsp3) is 0.192. The summed E-state index contributed by atoms with van der Waals surface area (Å²) in [6.07, 6.45) is 0.772. The molecule has 0 aliphatic carbocycles. The van der Waals surface area contributed by atoms with E-state index in [2.05, 4.69) is 63.5 Å². The van der Waals surface area contributed by atoms with E-state index in [1.165, 1.54) is 11.1 Å². The summed E-state index contributed by atoms with van der Waals surface area (Å²) in [5.41, 5.74) is 6.39. The Balaban J connectivity index is 1.59. The van der Waals surface area contributed by atoms with Crippen LogP contribution in [0, 0.1) is 6.92 Å². The van der Waals surface area contributed by atoms with Crippen LogP contribution in [0.4, 0.5) is 10.5 Å². The number of halogens is 1. The number of aromatic amines is 1. The van der Waals surface area contributed by atoms with Gasteiger partial charge in [0.15, 0.2) is 0 Å². The van der Waals surface area contributed by atoms with Crippen LogP contribution >= 0.6 is 15.9 Å². The summed E-state index contributed by atoms with van der Waals surface area (Å²) in [6, 6.07) is 21.8. The number of urea groups is 1. The third-order valence-corrected chi connectivity index (χ3v) is 6.80. The molecule has 32 heavy (non-hydrogen) atoms. The highest BCUT2D eigenvalue weighted by atomic mass is 79.9. The van der Waals surface area contributed by atoms with Gasteiger partial charge in [0.05, 0.1) is 18.8 Å². The molecule has 0 fully saturated rings. The van der Waals surface area contributed by atoms with E-state index in [-0.39, 0.29) is 12.1 Å². The van der Waals surface area contributed by atoms with E-state index in [4.69, 9.17) is 4.74 Å². The number of aryl methyl sites for hydroxylation is 1. The lowest BCUT2D eigenvalue weighted by molar-refractivity contribution is 0.193. The van der Waals surface area contributed by atoms with Crippen molar-refractivity contribution in [1.29, 1.82) is 0 Å². The first-order valence-electron chi connectivity index (χ1n) is 10.6. The third kappa shape index (κ3) is 3.65. The van der Waals surface area contributed by atoms with Gasteiger partial charge in [0.1, 0.15) is 5.75 Å². The number of rotatable bonds is 3. The normalized spacial score (nSPS) is 15.5. The lowest BCUT2D eigenvalue weighted by atomic mass is 9.92. The molecular weight excluding hydrogens is 466 g/mol. The van der Waals surface area contributed by atoms with Crippen molar-refractivity contribution in [3.63, 3.8) is 0 Å². The van der Waals surface area contributed by atoms with Gasteiger partial charge in [-0.05, 0) is 70.7 Å². The summed E-state index contributed by atoms with van der Waals surface area (Å²) in [6.45, 7) is 2.69. The number of carbonyl (C=O) groups is 1. The molecule has 4 aromatic rings. The number of nitrogens with one attached hydrogen (secondary N) is 2. The number of aromatic nitrogens is 1. The van der Waals surface area contributed by atoms with Crippen molar-refractivity contribution in [3.05, 3.63) is 93.6 Å². The van der Waals surface area contributed by atoms with Crippen molar-refractivity contribution in [2.45, 2.75) is 19.4 Å². The number of hydrogen-bond donors (Lipinski definition) is 2. The van der Waals surface area contributed by atoms with Crippen LogP contribution in [0.2, 0.25) is 0 Å². The molecule has 1 aromatic heterocycles. The third-order valence-electron chi connectivity index (χ3n) is 6.10. The van der Waals surface area contributed by atoms with Crippen LogP contribution in [0.25, 0.3) is 10.9 Å². The molecule has 5 rings (SSSR count). The first-order valence-corrected chi connectivity index (χ1v) is 11.4. The highest BCUT2D eigenvalue weighted by molar-refractivity contribution is 9.10. The quantitative estimate of drug-likeness (QED) is 0.348. The molecule has 0 bridgehead atoms. The minimum Gasteiger partial charge on any atom is -0.497 e. The van der Waals surface area contributed by atoms with Crippen LogP contribution in [0.1, 0.15) is 28.4 Å². The number of carbonyl (C=O) groups excluding carboxylic acids is 1. The van der Waals surface area contributed by atoms with Gasteiger partial charge in [0.2, 0.25) is 0 Å². The van der Waals surface area contributed by atoms with Crippen molar-refractivity contribution in [2.75, 3.05) is 19.0 Å². The van der Waals surface area contributed by atoms with Crippen LogP contribution in [-0.4, -0.2) is 29.6 Å². The Labute approximate surface area is 195 Å². The van der Waals surface area contributed by atoms with Crippen molar-refractivity contribution in [2.24, 2.45) is 0 Å². The summed E-state index contributed by atoms with van der Waals surface area (Å²) in [4.78, 5) is 19.0. The van der Waals surface area contributed by atoms with Gasteiger partial charge in [-0.25, -0.2) is 4.79 Å². The molecule has 2 amide bonds. The smallest absolute Gasteiger partial charge is 0.322 e. The van der Waals surface area contributed by atoms with Gasteiger partial charge in [0.25, 0.3) is 0 Å². The molecule has 1 aliphatic heterocycles. The average Bonchev–Trinajstić information content (AvgIpc) is 3.18. The molecule has 0 radical (unpaired) electrons. The Morgan fingerprint density at radius 1 is 1.12 bits per heavy atom. The van der Waals surface area contributed by atoms with Crippen LogP contribution in [0.15, 0.2) is 71.2 Å². The molecule has 162 valence electrons. The van der Waals surface area contributed by atoms with Crippen LogP contribution in [0.5, 0.6) is 5.75 Å². The molecule has 0 spiro atoms. The van der Waals surface area contributed by atoms with Crippen molar-refractivity contribution >= 4 is 38.6 Å². The summed E-state index contributed by atoms with van der Waals surface area (Å²) in [7, 11) is 1.68. The fourth-order valence-electron chi connectivity index (χ4n) is 4.46. The second-order valence-corrected chi connectivity index (χ2v) is 8.95. The maximum Gasteiger partial charge on any atom is 0.322 e. The zero-order valence-electron chi connectivity index (χ0n) is 18.0. The number of benzene rings is 3. The Bertz CT molecular complexity index is 1300. The minimum atomic E-state index is -0.208. The van der Waals surface area contributed by atoms with Gasteiger partial charge in [-0.3, -0.25) is 0 Å². The van der Waals surface area contributed by atoms with Gasteiger partial charge in [-0.2, -0.15) is 0 Å². The molecule has 1 unspecified atom stereocenters. The van der Waals surface area contributed by atoms with E-state index in [0.29, 0.717) is 6.54 Å². The number of H-pyrrole nitrogens is 1. The van der Waals surface area contributed by atoms with E-state index in [0.717, 1.165) is 44.5 Å². The molecule has 5 nitrogen and oxygen atoms in total. The van der Waals surface area contributed by atoms with E-state index >= 15 is 0 Å². The van der Waals surface area contributed by atoms with E-state index < -0.39 is 0 Å². The highest BCUT2D eigenvalue weighted by Crippen LogP contribution is 2.40. The number of anilines is 1. The van der Waals surface area contributed by atoms with Crippen molar-refractivity contribution < 1.29 is 9.53 Å².